The molecule has 0 bridgehead atoms. The fraction of sp³-hybridized carbons (Fsp3) is 0.375. The minimum absolute atomic E-state index is 0.781. The number of hydrogen-bond donors (Lipinski definition) is 1. The van der Waals surface area contributed by atoms with Gasteiger partial charge in [0.2, 0.25) is 0 Å². The first kappa shape index (κ1) is 13.9. The zero-order chi connectivity index (χ0) is 13.8. The summed E-state index contributed by atoms with van der Waals surface area (Å²) in [5.41, 5.74) is 2.46. The number of halogens is 1. The molecule has 2 nitrogen and oxygen atoms in total. The van der Waals surface area contributed by atoms with Crippen LogP contribution < -0.4 is 5.32 Å². The Morgan fingerprint density at radius 1 is 1.25 bits per heavy atom. The minimum atomic E-state index is 0.781. The van der Waals surface area contributed by atoms with Crippen LogP contribution in [0, 0.1) is 0 Å². The second-order valence-corrected chi connectivity index (χ2v) is 6.43. The van der Waals surface area contributed by atoms with Crippen LogP contribution in [-0.4, -0.2) is 24.0 Å². The van der Waals surface area contributed by atoms with Crippen LogP contribution in [0.1, 0.15) is 18.4 Å². The van der Waals surface area contributed by atoms with Gasteiger partial charge in [0.25, 0.3) is 0 Å². The van der Waals surface area contributed by atoms with Gasteiger partial charge in [-0.05, 0) is 47.4 Å². The molecule has 2 aromatic rings. The Labute approximate surface area is 129 Å². The molecule has 1 fully saturated rings. The maximum absolute atomic E-state index is 6.15. The average molecular weight is 307 g/mol. The Morgan fingerprint density at radius 3 is 2.80 bits per heavy atom. The molecule has 0 aliphatic heterocycles. The number of nitrogens with zero attached hydrogens (tertiary/aromatic N) is 1. The smallest absolute Gasteiger partial charge is 0.0637 e. The third-order valence-electron chi connectivity index (χ3n) is 3.62. The molecule has 1 aromatic heterocycles. The number of rotatable bonds is 7. The molecule has 0 amide bonds. The Hall–Kier alpha value is -1.03. The molecule has 1 saturated carbocycles. The summed E-state index contributed by atoms with van der Waals surface area (Å²) in [6.07, 6.45) is 2.69. The van der Waals surface area contributed by atoms with E-state index in [9.17, 15) is 0 Å². The van der Waals surface area contributed by atoms with E-state index in [1.165, 1.54) is 18.4 Å². The standard InChI is InChI=1S/C16H19ClN2S/c17-15-3-1-2-4-16(15)18-8-9-19(14-5-6-14)11-13-7-10-20-12-13/h1-4,7,10,12,14,18H,5-6,8-9,11H2. The van der Waals surface area contributed by atoms with Gasteiger partial charge in [0, 0.05) is 25.7 Å². The first-order valence-corrected chi connectivity index (χ1v) is 8.38. The van der Waals surface area contributed by atoms with Crippen LogP contribution in [0.15, 0.2) is 41.1 Å². The second kappa shape index (κ2) is 6.61. The van der Waals surface area contributed by atoms with Gasteiger partial charge < -0.3 is 5.32 Å². The topological polar surface area (TPSA) is 15.3 Å². The first-order valence-electron chi connectivity index (χ1n) is 7.06. The molecule has 1 aliphatic rings. The molecule has 1 aliphatic carbocycles. The zero-order valence-corrected chi connectivity index (χ0v) is 13.0. The highest BCUT2D eigenvalue weighted by Crippen LogP contribution is 2.28. The summed E-state index contributed by atoms with van der Waals surface area (Å²) in [5, 5.41) is 8.63. The van der Waals surface area contributed by atoms with Gasteiger partial charge in [-0.2, -0.15) is 11.3 Å². The van der Waals surface area contributed by atoms with Crippen molar-refractivity contribution in [2.45, 2.75) is 25.4 Å². The van der Waals surface area contributed by atoms with Gasteiger partial charge in [0.05, 0.1) is 10.7 Å². The highest BCUT2D eigenvalue weighted by Gasteiger charge is 2.28. The molecule has 0 unspecified atom stereocenters. The van der Waals surface area contributed by atoms with E-state index in [0.29, 0.717) is 0 Å². The lowest BCUT2D eigenvalue weighted by molar-refractivity contribution is 0.265. The molecule has 1 N–H and O–H groups in total. The average Bonchev–Trinajstić information content (AvgIpc) is 3.18. The van der Waals surface area contributed by atoms with Crippen LogP contribution >= 0.6 is 22.9 Å². The van der Waals surface area contributed by atoms with Gasteiger partial charge in [-0.25, -0.2) is 0 Å². The van der Waals surface area contributed by atoms with Gasteiger partial charge in [-0.3, -0.25) is 4.90 Å². The predicted molar refractivity (Wildman–Crippen MR) is 87.7 cm³/mol. The first-order chi connectivity index (χ1) is 9.83. The third kappa shape index (κ3) is 3.75. The van der Waals surface area contributed by atoms with E-state index in [4.69, 9.17) is 11.6 Å². The molecule has 0 spiro atoms. The molecule has 1 aromatic carbocycles. The summed E-state index contributed by atoms with van der Waals surface area (Å²) in [6.45, 7) is 3.06. The Balaban J connectivity index is 1.51. The van der Waals surface area contributed by atoms with E-state index in [-0.39, 0.29) is 0 Å². The number of para-hydroxylation sites is 1. The van der Waals surface area contributed by atoms with Crippen molar-refractivity contribution in [3.8, 4) is 0 Å². The van der Waals surface area contributed by atoms with Crippen LogP contribution in [0.3, 0.4) is 0 Å². The van der Waals surface area contributed by atoms with E-state index in [1.54, 1.807) is 11.3 Å². The molecular formula is C16H19ClN2S. The van der Waals surface area contributed by atoms with Crippen LogP contribution in [0.2, 0.25) is 5.02 Å². The fourth-order valence-corrected chi connectivity index (χ4v) is 3.25. The molecule has 20 heavy (non-hydrogen) atoms. The van der Waals surface area contributed by atoms with E-state index < -0.39 is 0 Å². The van der Waals surface area contributed by atoms with E-state index in [1.807, 2.05) is 24.3 Å². The molecule has 1 heterocycles. The lowest BCUT2D eigenvalue weighted by atomic mass is 10.3. The SMILES string of the molecule is Clc1ccccc1NCCN(Cc1ccsc1)C1CC1. The summed E-state index contributed by atoms with van der Waals surface area (Å²) < 4.78 is 0. The number of nitrogens with one attached hydrogen (secondary N) is 1. The van der Waals surface area contributed by atoms with Crippen molar-refractivity contribution in [2.75, 3.05) is 18.4 Å². The molecule has 0 saturated heterocycles. The zero-order valence-electron chi connectivity index (χ0n) is 11.4. The Kier molecular flexibility index (Phi) is 4.61. The quantitative estimate of drug-likeness (QED) is 0.811. The molecule has 4 heteroatoms. The fourth-order valence-electron chi connectivity index (χ4n) is 2.39. The molecule has 106 valence electrons. The normalized spacial score (nSPS) is 14.7. The van der Waals surface area contributed by atoms with Gasteiger partial charge >= 0.3 is 0 Å². The minimum Gasteiger partial charge on any atom is -0.383 e. The highest BCUT2D eigenvalue weighted by atomic mass is 35.5. The van der Waals surface area contributed by atoms with Gasteiger partial charge in [-0.15, -0.1) is 0 Å². The highest BCUT2D eigenvalue weighted by molar-refractivity contribution is 7.07. The van der Waals surface area contributed by atoms with Crippen molar-refractivity contribution >= 4 is 28.6 Å². The summed E-state index contributed by atoms with van der Waals surface area (Å²) in [7, 11) is 0. The summed E-state index contributed by atoms with van der Waals surface area (Å²) in [4.78, 5) is 2.58. The third-order valence-corrected chi connectivity index (χ3v) is 4.68. The van der Waals surface area contributed by atoms with E-state index in [0.717, 1.165) is 36.4 Å². The van der Waals surface area contributed by atoms with Gasteiger partial charge in [-0.1, -0.05) is 23.7 Å². The van der Waals surface area contributed by atoms with Crippen molar-refractivity contribution in [1.29, 1.82) is 0 Å². The van der Waals surface area contributed by atoms with Crippen molar-refractivity contribution in [2.24, 2.45) is 0 Å². The number of benzene rings is 1. The Bertz CT molecular complexity index is 537. The molecule has 0 atom stereocenters. The summed E-state index contributed by atoms with van der Waals surface area (Å²) in [5.74, 6) is 0. The number of thiophene rings is 1. The van der Waals surface area contributed by atoms with E-state index >= 15 is 0 Å². The molecule has 0 radical (unpaired) electrons. The monoisotopic (exact) mass is 306 g/mol. The van der Waals surface area contributed by atoms with Gasteiger partial charge in [0.15, 0.2) is 0 Å². The molecule has 3 rings (SSSR count). The number of hydrogen-bond acceptors (Lipinski definition) is 3. The van der Waals surface area contributed by atoms with Crippen molar-refractivity contribution < 1.29 is 0 Å². The Morgan fingerprint density at radius 2 is 2.10 bits per heavy atom. The van der Waals surface area contributed by atoms with E-state index in [2.05, 4.69) is 27.0 Å². The predicted octanol–water partition coefficient (Wildman–Crippen LogP) is 4.48. The molecular weight excluding hydrogens is 288 g/mol. The van der Waals surface area contributed by atoms with Crippen molar-refractivity contribution in [3.63, 3.8) is 0 Å². The second-order valence-electron chi connectivity index (χ2n) is 5.24. The maximum Gasteiger partial charge on any atom is 0.0637 e. The largest absolute Gasteiger partial charge is 0.383 e. The lowest BCUT2D eigenvalue weighted by Gasteiger charge is -2.22. The number of anilines is 1. The lowest BCUT2D eigenvalue weighted by Crippen LogP contribution is -2.30. The van der Waals surface area contributed by atoms with Crippen molar-refractivity contribution in [3.05, 3.63) is 51.7 Å². The van der Waals surface area contributed by atoms with Crippen molar-refractivity contribution in [1.82, 2.24) is 4.90 Å². The van der Waals surface area contributed by atoms with Crippen LogP contribution in [0.4, 0.5) is 5.69 Å². The van der Waals surface area contributed by atoms with Crippen LogP contribution in [-0.2, 0) is 6.54 Å². The van der Waals surface area contributed by atoms with Crippen LogP contribution in [0.25, 0.3) is 0 Å². The summed E-state index contributed by atoms with van der Waals surface area (Å²) >= 11 is 7.93. The summed E-state index contributed by atoms with van der Waals surface area (Å²) in [6, 6.07) is 10.9. The van der Waals surface area contributed by atoms with Gasteiger partial charge in [0.1, 0.15) is 0 Å². The maximum atomic E-state index is 6.15. The van der Waals surface area contributed by atoms with Crippen LogP contribution in [0.5, 0.6) is 0 Å².